The Morgan fingerprint density at radius 1 is 1.19 bits per heavy atom. The average molecular weight is 213 g/mol. The molecule has 0 saturated carbocycles. The van der Waals surface area contributed by atoms with Crippen LogP contribution in [0, 0.1) is 0 Å². The average Bonchev–Trinajstić information content (AvgIpc) is 2.29. The summed E-state index contributed by atoms with van der Waals surface area (Å²) in [5, 5.41) is 0.780. The first-order chi connectivity index (χ1) is 7.75. The van der Waals surface area contributed by atoms with Gasteiger partial charge in [-0.05, 0) is 6.07 Å². The molecule has 4 nitrogen and oxygen atoms in total. The standard InChI is InChI=1S/C12H7NO3/c14-7-5-9-8-3-1-2-4-10(8)16-12(15)11(9)13-6-7/h1-4,6H,5H2. The summed E-state index contributed by atoms with van der Waals surface area (Å²) in [5.41, 5.74) is 0.922. The van der Waals surface area contributed by atoms with Gasteiger partial charge in [-0.1, -0.05) is 18.2 Å². The number of Topliss-reactive ketones (excluding diaryl/α,β-unsaturated/α-hetero) is 1. The molecule has 0 saturated heterocycles. The minimum Gasteiger partial charge on any atom is -0.421 e. The van der Waals surface area contributed by atoms with Crippen LogP contribution in [0.15, 0.2) is 38.5 Å². The van der Waals surface area contributed by atoms with Crippen molar-refractivity contribution >= 4 is 28.7 Å². The second-order valence-corrected chi connectivity index (χ2v) is 3.61. The van der Waals surface area contributed by atoms with Crippen LogP contribution in [-0.2, 0) is 11.2 Å². The maximum Gasteiger partial charge on any atom is 0.362 e. The van der Waals surface area contributed by atoms with Gasteiger partial charge in [-0.2, -0.15) is 0 Å². The number of hydrogen-bond acceptors (Lipinski definition) is 4. The summed E-state index contributed by atoms with van der Waals surface area (Å²) in [7, 11) is 0. The Kier molecular flexibility index (Phi) is 1.77. The third kappa shape index (κ3) is 1.20. The molecule has 0 atom stereocenters. The van der Waals surface area contributed by atoms with Gasteiger partial charge in [0.15, 0.2) is 11.5 Å². The molecular formula is C12H7NO3. The second kappa shape index (κ2) is 3.13. The molecule has 2 aromatic rings. The van der Waals surface area contributed by atoms with Crippen molar-refractivity contribution in [3.05, 3.63) is 40.2 Å². The number of ketones is 1. The van der Waals surface area contributed by atoms with Crippen LogP contribution in [0.4, 0.5) is 5.69 Å². The molecule has 1 aromatic heterocycles. The number of fused-ring (bicyclic) bond motifs is 3. The number of para-hydroxylation sites is 1. The molecule has 0 spiro atoms. The van der Waals surface area contributed by atoms with Crippen molar-refractivity contribution in [2.45, 2.75) is 6.42 Å². The van der Waals surface area contributed by atoms with Crippen LogP contribution in [0.3, 0.4) is 0 Å². The molecule has 0 radical (unpaired) electrons. The van der Waals surface area contributed by atoms with E-state index in [4.69, 9.17) is 4.42 Å². The third-order valence-corrected chi connectivity index (χ3v) is 2.58. The van der Waals surface area contributed by atoms with Crippen LogP contribution in [-0.4, -0.2) is 12.0 Å². The molecule has 0 fully saturated rings. The zero-order chi connectivity index (χ0) is 11.1. The van der Waals surface area contributed by atoms with E-state index in [1.807, 2.05) is 12.1 Å². The van der Waals surface area contributed by atoms with Crippen molar-refractivity contribution in [1.82, 2.24) is 0 Å². The molecule has 0 N–H and O–H groups in total. The highest BCUT2D eigenvalue weighted by Gasteiger charge is 2.19. The fourth-order valence-corrected chi connectivity index (χ4v) is 1.87. The van der Waals surface area contributed by atoms with Crippen LogP contribution in [0.5, 0.6) is 0 Å². The summed E-state index contributed by atoms with van der Waals surface area (Å²) < 4.78 is 5.11. The fraction of sp³-hybridized carbons (Fsp3) is 0.0833. The van der Waals surface area contributed by atoms with Crippen LogP contribution < -0.4 is 5.63 Å². The van der Waals surface area contributed by atoms with Gasteiger partial charge in [-0.25, -0.2) is 9.79 Å². The highest BCUT2D eigenvalue weighted by Crippen LogP contribution is 2.27. The Morgan fingerprint density at radius 3 is 2.88 bits per heavy atom. The maximum absolute atomic E-state index is 11.6. The number of hydrogen-bond donors (Lipinski definition) is 0. The molecule has 1 aromatic carbocycles. The first kappa shape index (κ1) is 9.03. The van der Waals surface area contributed by atoms with E-state index in [1.165, 1.54) is 6.21 Å². The Hall–Kier alpha value is -2.23. The van der Waals surface area contributed by atoms with Crippen molar-refractivity contribution < 1.29 is 9.21 Å². The fourth-order valence-electron chi connectivity index (χ4n) is 1.87. The molecule has 0 bridgehead atoms. The summed E-state index contributed by atoms with van der Waals surface area (Å²) in [6, 6.07) is 7.15. The van der Waals surface area contributed by atoms with E-state index < -0.39 is 5.63 Å². The number of rotatable bonds is 0. The predicted molar refractivity (Wildman–Crippen MR) is 59.3 cm³/mol. The predicted octanol–water partition coefficient (Wildman–Crippen LogP) is 1.62. The van der Waals surface area contributed by atoms with Gasteiger partial charge >= 0.3 is 5.63 Å². The van der Waals surface area contributed by atoms with Crippen molar-refractivity contribution in [1.29, 1.82) is 0 Å². The van der Waals surface area contributed by atoms with Crippen LogP contribution >= 0.6 is 0 Å². The zero-order valence-corrected chi connectivity index (χ0v) is 8.27. The lowest BCUT2D eigenvalue weighted by atomic mass is 10.0. The number of aliphatic imine (C=N–C) groups is 1. The monoisotopic (exact) mass is 213 g/mol. The van der Waals surface area contributed by atoms with Gasteiger partial charge in [0.1, 0.15) is 5.58 Å². The molecular weight excluding hydrogens is 206 g/mol. The third-order valence-electron chi connectivity index (χ3n) is 2.58. The molecule has 4 heteroatoms. The molecule has 0 unspecified atom stereocenters. The summed E-state index contributed by atoms with van der Waals surface area (Å²) in [4.78, 5) is 26.7. The van der Waals surface area contributed by atoms with Crippen molar-refractivity contribution in [2.75, 3.05) is 0 Å². The van der Waals surface area contributed by atoms with E-state index in [1.54, 1.807) is 12.1 Å². The smallest absolute Gasteiger partial charge is 0.362 e. The second-order valence-electron chi connectivity index (χ2n) is 3.61. The largest absolute Gasteiger partial charge is 0.421 e. The molecule has 0 amide bonds. The van der Waals surface area contributed by atoms with E-state index >= 15 is 0 Å². The van der Waals surface area contributed by atoms with E-state index in [9.17, 15) is 9.59 Å². The van der Waals surface area contributed by atoms with Gasteiger partial charge in [-0.15, -0.1) is 0 Å². The molecule has 78 valence electrons. The molecule has 3 rings (SSSR count). The maximum atomic E-state index is 11.6. The normalized spacial score (nSPS) is 14.1. The number of carbonyl (C=O) groups is 1. The Balaban J connectivity index is 2.48. The van der Waals surface area contributed by atoms with E-state index in [0.717, 1.165) is 5.39 Å². The first-order valence-corrected chi connectivity index (χ1v) is 4.87. The lowest BCUT2D eigenvalue weighted by Gasteiger charge is -2.09. The minimum atomic E-state index is -0.488. The Bertz CT molecular complexity index is 682. The summed E-state index contributed by atoms with van der Waals surface area (Å²) in [6.07, 6.45) is 1.39. The highest BCUT2D eigenvalue weighted by atomic mass is 16.4. The zero-order valence-electron chi connectivity index (χ0n) is 8.27. The van der Waals surface area contributed by atoms with Crippen molar-refractivity contribution in [2.24, 2.45) is 4.99 Å². The number of carbonyl (C=O) groups excluding carboxylic acids is 1. The molecule has 1 aliphatic rings. The SMILES string of the molecule is O=C1C=Nc2c(c3ccccc3oc2=O)C1. The molecule has 1 aliphatic heterocycles. The van der Waals surface area contributed by atoms with Gasteiger partial charge in [0.05, 0.1) is 6.21 Å². The van der Waals surface area contributed by atoms with Crippen molar-refractivity contribution in [3.8, 4) is 0 Å². The lowest BCUT2D eigenvalue weighted by Crippen LogP contribution is -2.14. The van der Waals surface area contributed by atoms with Crippen molar-refractivity contribution in [3.63, 3.8) is 0 Å². The Morgan fingerprint density at radius 2 is 2.00 bits per heavy atom. The topological polar surface area (TPSA) is 59.6 Å². The molecule has 16 heavy (non-hydrogen) atoms. The summed E-state index contributed by atoms with van der Waals surface area (Å²) in [6.45, 7) is 0. The van der Waals surface area contributed by atoms with Gasteiger partial charge in [0, 0.05) is 17.4 Å². The molecule has 2 heterocycles. The highest BCUT2D eigenvalue weighted by molar-refractivity contribution is 6.30. The van der Waals surface area contributed by atoms with Gasteiger partial charge in [0.2, 0.25) is 0 Å². The molecule has 0 aliphatic carbocycles. The van der Waals surface area contributed by atoms with E-state index in [-0.39, 0.29) is 17.9 Å². The van der Waals surface area contributed by atoms with Crippen LogP contribution in [0.2, 0.25) is 0 Å². The number of nitrogens with zero attached hydrogens (tertiary/aromatic N) is 1. The quantitative estimate of drug-likeness (QED) is 0.625. The number of benzene rings is 1. The summed E-state index contributed by atoms with van der Waals surface area (Å²) in [5.74, 6) is -0.0942. The van der Waals surface area contributed by atoms with E-state index in [0.29, 0.717) is 11.1 Å². The first-order valence-electron chi connectivity index (χ1n) is 4.87. The Labute approximate surface area is 90.2 Å². The van der Waals surface area contributed by atoms with E-state index in [2.05, 4.69) is 4.99 Å². The summed E-state index contributed by atoms with van der Waals surface area (Å²) >= 11 is 0. The lowest BCUT2D eigenvalue weighted by molar-refractivity contribution is -0.112. The van der Waals surface area contributed by atoms with Gasteiger partial charge in [0.25, 0.3) is 0 Å². The minimum absolute atomic E-state index is 0.0942. The van der Waals surface area contributed by atoms with Crippen LogP contribution in [0.1, 0.15) is 5.56 Å². The van der Waals surface area contributed by atoms with Gasteiger partial charge < -0.3 is 4.42 Å². The van der Waals surface area contributed by atoms with Crippen LogP contribution in [0.25, 0.3) is 11.0 Å². The van der Waals surface area contributed by atoms with Gasteiger partial charge in [-0.3, -0.25) is 4.79 Å².